The van der Waals surface area contributed by atoms with Gasteiger partial charge in [0.25, 0.3) is 0 Å². The summed E-state index contributed by atoms with van der Waals surface area (Å²) in [5.41, 5.74) is 0. The van der Waals surface area contributed by atoms with Crippen molar-refractivity contribution in [3.8, 4) is 0 Å². The molecule has 0 amide bonds. The van der Waals surface area contributed by atoms with Crippen LogP contribution in [0.3, 0.4) is 0 Å². The Bertz CT molecular complexity index is 510. The van der Waals surface area contributed by atoms with E-state index in [2.05, 4.69) is 12.2 Å². The molecule has 3 aliphatic heterocycles. The quantitative estimate of drug-likeness (QED) is 0.297. The normalized spacial score (nSPS) is 32.4. The number of rotatable bonds is 0. The standard InChI is InChI=1S/C36H68N2/c1-2-5-9-13-17-21-29-37-31-24-28-36(34-37)26-20-16-12-8-4-6-10-14-18-22-30-38-32-23-27-35(33-38)25-19-15-11-7-3-1/h1-2,35-36H,3-34H2/p+2. The second-order valence-electron chi connectivity index (χ2n) is 13.9. The van der Waals surface area contributed by atoms with Crippen LogP contribution in [-0.2, 0) is 0 Å². The van der Waals surface area contributed by atoms with Crippen molar-refractivity contribution in [2.24, 2.45) is 11.8 Å². The molecule has 2 N–H and O–H groups in total. The van der Waals surface area contributed by atoms with Crippen molar-refractivity contribution >= 4 is 0 Å². The summed E-state index contributed by atoms with van der Waals surface area (Å²) in [5, 5.41) is 0. The number of fused-ring (bicyclic) bond motifs is 4. The molecule has 0 spiro atoms. The smallest absolute Gasteiger partial charge is 0.0799 e. The third kappa shape index (κ3) is 16.1. The molecule has 3 aliphatic rings. The second kappa shape index (κ2) is 22.4. The van der Waals surface area contributed by atoms with Crippen LogP contribution in [-0.4, -0.2) is 39.3 Å². The molecule has 2 fully saturated rings. The van der Waals surface area contributed by atoms with Gasteiger partial charge in [-0.25, -0.2) is 0 Å². The molecule has 0 aromatic heterocycles. The minimum absolute atomic E-state index is 1.03. The maximum atomic E-state index is 2.49. The highest BCUT2D eigenvalue weighted by Gasteiger charge is 2.23. The molecule has 4 unspecified atom stereocenters. The molecular formula is C36H70N2+2. The average Bonchev–Trinajstić information content (AvgIpc) is 2.94. The summed E-state index contributed by atoms with van der Waals surface area (Å²) < 4.78 is 0. The first-order valence-electron chi connectivity index (χ1n) is 18.2. The van der Waals surface area contributed by atoms with Crippen LogP contribution in [0.5, 0.6) is 0 Å². The van der Waals surface area contributed by atoms with E-state index < -0.39 is 0 Å². The average molecular weight is 531 g/mol. The zero-order chi connectivity index (χ0) is 26.4. The zero-order valence-electron chi connectivity index (χ0n) is 25.9. The summed E-state index contributed by atoms with van der Waals surface area (Å²) in [4.78, 5) is 3.88. The molecule has 0 aromatic rings. The fourth-order valence-corrected chi connectivity index (χ4v) is 7.95. The van der Waals surface area contributed by atoms with Gasteiger partial charge in [-0.05, 0) is 89.9 Å². The van der Waals surface area contributed by atoms with Gasteiger partial charge in [-0.15, -0.1) is 0 Å². The molecule has 0 aromatic carbocycles. The third-order valence-electron chi connectivity index (χ3n) is 10.4. The number of hydrogen-bond donors (Lipinski definition) is 2. The van der Waals surface area contributed by atoms with Crippen LogP contribution in [0.25, 0.3) is 0 Å². The fourth-order valence-electron chi connectivity index (χ4n) is 7.95. The van der Waals surface area contributed by atoms with Crippen molar-refractivity contribution in [2.75, 3.05) is 39.3 Å². The van der Waals surface area contributed by atoms with Crippen LogP contribution < -0.4 is 9.80 Å². The van der Waals surface area contributed by atoms with Crippen molar-refractivity contribution in [2.45, 2.75) is 167 Å². The number of quaternary nitrogens is 2. The highest BCUT2D eigenvalue weighted by molar-refractivity contribution is 4.81. The van der Waals surface area contributed by atoms with Crippen molar-refractivity contribution in [3.05, 3.63) is 12.2 Å². The molecule has 3 rings (SSSR count). The number of allylic oxidation sites excluding steroid dienone is 2. The summed E-state index contributed by atoms with van der Waals surface area (Å²) in [5.74, 6) is 2.07. The van der Waals surface area contributed by atoms with Gasteiger partial charge >= 0.3 is 0 Å². The Morgan fingerprint density at radius 2 is 0.632 bits per heavy atom. The van der Waals surface area contributed by atoms with E-state index in [4.69, 9.17) is 0 Å². The Morgan fingerprint density at radius 1 is 0.316 bits per heavy atom. The van der Waals surface area contributed by atoms with Gasteiger partial charge in [0.2, 0.25) is 0 Å². The van der Waals surface area contributed by atoms with E-state index in [0.717, 1.165) is 11.8 Å². The van der Waals surface area contributed by atoms with Crippen LogP contribution in [0.2, 0.25) is 0 Å². The lowest BCUT2D eigenvalue weighted by Crippen LogP contribution is -3.13. The van der Waals surface area contributed by atoms with Crippen molar-refractivity contribution < 1.29 is 9.80 Å². The second-order valence-corrected chi connectivity index (χ2v) is 13.9. The van der Waals surface area contributed by atoms with E-state index >= 15 is 0 Å². The lowest BCUT2D eigenvalue weighted by Gasteiger charge is -2.30. The maximum Gasteiger partial charge on any atom is 0.0799 e. The van der Waals surface area contributed by atoms with Gasteiger partial charge in [0.05, 0.1) is 39.3 Å². The van der Waals surface area contributed by atoms with E-state index in [1.165, 1.54) is 206 Å². The van der Waals surface area contributed by atoms with Crippen molar-refractivity contribution in [3.63, 3.8) is 0 Å². The van der Waals surface area contributed by atoms with E-state index in [1.807, 2.05) is 9.80 Å². The summed E-state index contributed by atoms with van der Waals surface area (Å²) >= 11 is 0. The molecular weight excluding hydrogens is 460 g/mol. The maximum absolute atomic E-state index is 2.49. The first-order valence-corrected chi connectivity index (χ1v) is 18.2. The van der Waals surface area contributed by atoms with Gasteiger partial charge in [-0.3, -0.25) is 0 Å². The SMILES string of the molecule is C1=CCCCCCC[NH+]2CCCC(CCCCCCCCCCCC[NH+]3CCCC(CCCCCC1)C3)C2. The number of piperidine rings is 2. The predicted octanol–water partition coefficient (Wildman–Crippen LogP) is 7.73. The summed E-state index contributed by atoms with van der Waals surface area (Å²) in [6.07, 6.45) is 43.2. The highest BCUT2D eigenvalue weighted by atomic mass is 15.1. The lowest BCUT2D eigenvalue weighted by atomic mass is 9.92. The molecule has 38 heavy (non-hydrogen) atoms. The minimum atomic E-state index is 1.03. The monoisotopic (exact) mass is 531 g/mol. The van der Waals surface area contributed by atoms with Gasteiger partial charge < -0.3 is 9.80 Å². The molecule has 2 heteroatoms. The highest BCUT2D eigenvalue weighted by Crippen LogP contribution is 2.19. The molecule has 2 nitrogen and oxygen atoms in total. The molecule has 2 saturated heterocycles. The summed E-state index contributed by atoms with van der Waals surface area (Å²) in [6, 6.07) is 0. The predicted molar refractivity (Wildman–Crippen MR) is 167 cm³/mol. The van der Waals surface area contributed by atoms with Crippen molar-refractivity contribution in [1.82, 2.24) is 0 Å². The van der Waals surface area contributed by atoms with Crippen LogP contribution in [0.15, 0.2) is 12.2 Å². The molecule has 4 atom stereocenters. The van der Waals surface area contributed by atoms with Gasteiger partial charge in [0, 0.05) is 11.8 Å². The Balaban J connectivity index is 1.29. The van der Waals surface area contributed by atoms with E-state index in [9.17, 15) is 0 Å². The molecule has 3 heterocycles. The summed E-state index contributed by atoms with van der Waals surface area (Å²) in [6.45, 7) is 8.81. The van der Waals surface area contributed by atoms with Gasteiger partial charge in [-0.2, -0.15) is 0 Å². The van der Waals surface area contributed by atoms with Gasteiger partial charge in [0.1, 0.15) is 0 Å². The largest absolute Gasteiger partial charge is 0.335 e. The molecule has 0 radical (unpaired) electrons. The molecule has 0 aliphatic carbocycles. The van der Waals surface area contributed by atoms with Crippen molar-refractivity contribution in [1.29, 1.82) is 0 Å². The lowest BCUT2D eigenvalue weighted by molar-refractivity contribution is -0.909. The van der Waals surface area contributed by atoms with Crippen LogP contribution >= 0.6 is 0 Å². The number of nitrogens with one attached hydrogen (secondary N) is 2. The first kappa shape index (κ1) is 32.2. The Morgan fingerprint density at radius 3 is 1.08 bits per heavy atom. The fraction of sp³-hybridized carbons (Fsp3) is 0.944. The Hall–Kier alpha value is -0.340. The molecule has 222 valence electrons. The Kier molecular flexibility index (Phi) is 18.9. The number of hydrogen-bond acceptors (Lipinski definition) is 0. The van der Waals surface area contributed by atoms with Gasteiger partial charge in [0.15, 0.2) is 0 Å². The minimum Gasteiger partial charge on any atom is -0.335 e. The third-order valence-corrected chi connectivity index (χ3v) is 10.4. The van der Waals surface area contributed by atoms with E-state index in [0.29, 0.717) is 0 Å². The van der Waals surface area contributed by atoms with Crippen LogP contribution in [0, 0.1) is 11.8 Å². The first-order chi connectivity index (χ1) is 18.9. The zero-order valence-corrected chi connectivity index (χ0v) is 25.9. The van der Waals surface area contributed by atoms with E-state index in [-0.39, 0.29) is 0 Å². The van der Waals surface area contributed by atoms with Crippen LogP contribution in [0.4, 0.5) is 0 Å². The molecule has 0 saturated carbocycles. The summed E-state index contributed by atoms with van der Waals surface area (Å²) in [7, 11) is 0. The topological polar surface area (TPSA) is 8.88 Å². The van der Waals surface area contributed by atoms with Crippen LogP contribution in [0.1, 0.15) is 167 Å². The van der Waals surface area contributed by atoms with Gasteiger partial charge in [-0.1, -0.05) is 89.2 Å². The molecule has 4 bridgehead atoms. The Labute approximate surface area is 239 Å². The van der Waals surface area contributed by atoms with E-state index in [1.54, 1.807) is 0 Å².